The molecule has 0 atom stereocenters. The van der Waals surface area contributed by atoms with Crippen LogP contribution in [0.5, 0.6) is 11.5 Å². The van der Waals surface area contributed by atoms with Gasteiger partial charge in [0.25, 0.3) is 0 Å². The molecule has 1 N–H and O–H groups in total. The Hall–Kier alpha value is -3.08. The van der Waals surface area contributed by atoms with Gasteiger partial charge in [-0.25, -0.2) is 9.59 Å². The summed E-state index contributed by atoms with van der Waals surface area (Å²) in [6, 6.07) is 12.8. The second kappa shape index (κ2) is 7.08. The minimum absolute atomic E-state index is 0.133. The van der Waals surface area contributed by atoms with Crippen LogP contribution < -0.4 is 9.47 Å². The summed E-state index contributed by atoms with van der Waals surface area (Å²) >= 11 is 0. The fourth-order valence-electron chi connectivity index (χ4n) is 1.70. The monoisotopic (exact) mass is 298 g/mol. The van der Waals surface area contributed by atoms with Gasteiger partial charge in [-0.3, -0.25) is 0 Å². The highest BCUT2D eigenvalue weighted by atomic mass is 16.5. The summed E-state index contributed by atoms with van der Waals surface area (Å²) < 4.78 is 10.1. The first-order valence-electron chi connectivity index (χ1n) is 6.46. The molecule has 2 aromatic carbocycles. The molecule has 0 aliphatic rings. The van der Waals surface area contributed by atoms with Crippen LogP contribution in [0.15, 0.2) is 54.6 Å². The number of carbonyl (C=O) groups is 2. The molecule has 0 amide bonds. The van der Waals surface area contributed by atoms with Gasteiger partial charge in [-0.05, 0) is 48.0 Å². The fraction of sp³-hybridized carbons (Fsp3) is 0.0588. The standard InChI is InChI=1S/C17H14O5/c1-21-14-7-2-12(3-8-14)4-11-16(18)22-15-9-5-13(6-10-15)17(19)20/h2-11H,1H3,(H,19,20). The van der Waals surface area contributed by atoms with E-state index in [0.29, 0.717) is 0 Å². The number of aromatic carboxylic acids is 1. The molecule has 5 nitrogen and oxygen atoms in total. The molecule has 0 radical (unpaired) electrons. The zero-order valence-electron chi connectivity index (χ0n) is 11.9. The van der Waals surface area contributed by atoms with E-state index in [4.69, 9.17) is 14.6 Å². The van der Waals surface area contributed by atoms with Gasteiger partial charge >= 0.3 is 11.9 Å². The van der Waals surface area contributed by atoms with E-state index in [1.165, 1.54) is 30.3 Å². The molecule has 0 aliphatic heterocycles. The SMILES string of the molecule is COc1ccc(C=CC(=O)Oc2ccc(C(=O)O)cc2)cc1. The largest absolute Gasteiger partial charge is 0.497 e. The van der Waals surface area contributed by atoms with E-state index in [1.54, 1.807) is 25.3 Å². The highest BCUT2D eigenvalue weighted by Gasteiger charge is 2.04. The number of esters is 1. The fourth-order valence-corrected chi connectivity index (χ4v) is 1.70. The van der Waals surface area contributed by atoms with Crippen molar-refractivity contribution in [3.05, 3.63) is 65.7 Å². The van der Waals surface area contributed by atoms with E-state index in [2.05, 4.69) is 0 Å². The van der Waals surface area contributed by atoms with Gasteiger partial charge in [0.1, 0.15) is 11.5 Å². The Kier molecular flexibility index (Phi) is 4.93. The summed E-state index contributed by atoms with van der Waals surface area (Å²) in [7, 11) is 1.58. The van der Waals surface area contributed by atoms with Gasteiger partial charge in [0.2, 0.25) is 0 Å². The van der Waals surface area contributed by atoms with E-state index in [1.807, 2.05) is 12.1 Å². The summed E-state index contributed by atoms with van der Waals surface area (Å²) in [5.74, 6) is -0.552. The molecule has 0 fully saturated rings. The third kappa shape index (κ3) is 4.21. The second-order valence-corrected chi connectivity index (χ2v) is 4.36. The lowest BCUT2D eigenvalue weighted by molar-refractivity contribution is -0.128. The van der Waals surface area contributed by atoms with Gasteiger partial charge in [-0.15, -0.1) is 0 Å². The van der Waals surface area contributed by atoms with Gasteiger partial charge in [-0.1, -0.05) is 12.1 Å². The number of hydrogen-bond donors (Lipinski definition) is 1. The molecule has 2 rings (SSSR count). The maximum Gasteiger partial charge on any atom is 0.336 e. The molecule has 2 aromatic rings. The number of rotatable bonds is 5. The molecule has 5 heteroatoms. The number of carboxylic acid groups (broad SMARTS) is 1. The van der Waals surface area contributed by atoms with Gasteiger partial charge in [0.05, 0.1) is 12.7 Å². The number of benzene rings is 2. The molecule has 22 heavy (non-hydrogen) atoms. The topological polar surface area (TPSA) is 72.8 Å². The average Bonchev–Trinajstić information content (AvgIpc) is 2.54. The quantitative estimate of drug-likeness (QED) is 0.522. The van der Waals surface area contributed by atoms with Crippen LogP contribution >= 0.6 is 0 Å². The Bertz CT molecular complexity index is 684. The molecule has 0 spiro atoms. The van der Waals surface area contributed by atoms with Crippen LogP contribution in [0.4, 0.5) is 0 Å². The molecule has 0 saturated heterocycles. The van der Waals surface area contributed by atoms with Gasteiger partial charge < -0.3 is 14.6 Å². The zero-order valence-corrected chi connectivity index (χ0v) is 11.9. The summed E-state index contributed by atoms with van der Waals surface area (Å²) in [6.45, 7) is 0. The van der Waals surface area contributed by atoms with Crippen molar-refractivity contribution in [2.24, 2.45) is 0 Å². The highest BCUT2D eigenvalue weighted by molar-refractivity contribution is 5.89. The number of carbonyl (C=O) groups excluding carboxylic acids is 1. The van der Waals surface area contributed by atoms with Crippen LogP contribution in [-0.2, 0) is 4.79 Å². The Labute approximate surface area is 127 Å². The summed E-state index contributed by atoms with van der Waals surface area (Å²) in [4.78, 5) is 22.4. The predicted molar refractivity (Wildman–Crippen MR) is 81.1 cm³/mol. The third-order valence-electron chi connectivity index (χ3n) is 2.85. The van der Waals surface area contributed by atoms with Crippen LogP contribution in [0.25, 0.3) is 6.08 Å². The lowest BCUT2D eigenvalue weighted by atomic mass is 10.2. The van der Waals surface area contributed by atoms with E-state index in [9.17, 15) is 9.59 Å². The summed E-state index contributed by atoms with van der Waals surface area (Å²) in [6.07, 6.45) is 2.92. The van der Waals surface area contributed by atoms with Crippen LogP contribution in [0.2, 0.25) is 0 Å². The molecule has 0 heterocycles. The second-order valence-electron chi connectivity index (χ2n) is 4.36. The van der Waals surface area contributed by atoms with Crippen LogP contribution in [0.1, 0.15) is 15.9 Å². The van der Waals surface area contributed by atoms with Crippen molar-refractivity contribution >= 4 is 18.0 Å². The van der Waals surface area contributed by atoms with Crippen LogP contribution in [-0.4, -0.2) is 24.2 Å². The Balaban J connectivity index is 1.96. The molecule has 0 aromatic heterocycles. The van der Waals surface area contributed by atoms with Crippen LogP contribution in [0.3, 0.4) is 0 Å². The smallest absolute Gasteiger partial charge is 0.336 e. The first-order valence-corrected chi connectivity index (χ1v) is 6.46. The summed E-state index contributed by atoms with van der Waals surface area (Å²) in [5, 5.41) is 8.78. The van der Waals surface area contributed by atoms with Gasteiger partial charge in [0.15, 0.2) is 0 Å². The first kappa shape index (κ1) is 15.3. The molecule has 0 unspecified atom stereocenters. The number of methoxy groups -OCH3 is 1. The van der Waals surface area contributed by atoms with Crippen molar-refractivity contribution in [3.8, 4) is 11.5 Å². The lowest BCUT2D eigenvalue weighted by Gasteiger charge is -2.02. The van der Waals surface area contributed by atoms with Crippen molar-refractivity contribution in [3.63, 3.8) is 0 Å². The summed E-state index contributed by atoms with van der Waals surface area (Å²) in [5.41, 5.74) is 0.965. The van der Waals surface area contributed by atoms with Crippen molar-refractivity contribution in [1.29, 1.82) is 0 Å². The molecule has 0 aliphatic carbocycles. The third-order valence-corrected chi connectivity index (χ3v) is 2.85. The van der Waals surface area contributed by atoms with Gasteiger partial charge in [-0.2, -0.15) is 0 Å². The number of ether oxygens (including phenoxy) is 2. The first-order chi connectivity index (χ1) is 10.6. The average molecular weight is 298 g/mol. The Morgan fingerprint density at radius 1 is 0.955 bits per heavy atom. The maximum absolute atomic E-state index is 11.7. The van der Waals surface area contributed by atoms with Crippen molar-refractivity contribution in [2.45, 2.75) is 0 Å². The van der Waals surface area contributed by atoms with E-state index >= 15 is 0 Å². The van der Waals surface area contributed by atoms with Crippen molar-refractivity contribution in [1.82, 2.24) is 0 Å². The number of hydrogen-bond acceptors (Lipinski definition) is 4. The Morgan fingerprint density at radius 2 is 1.55 bits per heavy atom. The molecule has 0 saturated carbocycles. The molecular formula is C17H14O5. The van der Waals surface area contributed by atoms with Gasteiger partial charge in [0, 0.05) is 6.08 Å². The molecule has 0 bridgehead atoms. The van der Waals surface area contributed by atoms with E-state index < -0.39 is 11.9 Å². The van der Waals surface area contributed by atoms with Crippen molar-refractivity contribution < 1.29 is 24.2 Å². The highest BCUT2D eigenvalue weighted by Crippen LogP contribution is 2.14. The molecular weight excluding hydrogens is 284 g/mol. The van der Waals surface area contributed by atoms with E-state index in [-0.39, 0.29) is 11.3 Å². The predicted octanol–water partition coefficient (Wildman–Crippen LogP) is 3.01. The Morgan fingerprint density at radius 3 is 2.09 bits per heavy atom. The van der Waals surface area contributed by atoms with E-state index in [0.717, 1.165) is 11.3 Å². The normalized spacial score (nSPS) is 10.4. The lowest BCUT2D eigenvalue weighted by Crippen LogP contribution is -2.04. The minimum atomic E-state index is -1.03. The molecule has 112 valence electrons. The van der Waals surface area contributed by atoms with Crippen molar-refractivity contribution in [2.75, 3.05) is 7.11 Å². The minimum Gasteiger partial charge on any atom is -0.497 e. The maximum atomic E-state index is 11.7. The zero-order chi connectivity index (χ0) is 15.9. The number of carboxylic acids is 1. The van der Waals surface area contributed by atoms with Crippen LogP contribution in [0, 0.1) is 0 Å².